The molecule has 0 saturated carbocycles. The van der Waals surface area contributed by atoms with Crippen LogP contribution in [0.25, 0.3) is 11.4 Å². The summed E-state index contributed by atoms with van der Waals surface area (Å²) < 4.78 is 39.5. The second-order valence-electron chi connectivity index (χ2n) is 6.46. The average Bonchev–Trinajstić information content (AvgIpc) is 2.68. The number of fused-ring (bicyclic) bond motifs is 1. The third-order valence-corrected chi connectivity index (χ3v) is 4.54. The van der Waals surface area contributed by atoms with E-state index in [0.717, 1.165) is 11.6 Å². The first-order valence-corrected chi connectivity index (χ1v) is 8.66. The fourth-order valence-corrected chi connectivity index (χ4v) is 3.31. The van der Waals surface area contributed by atoms with Crippen LogP contribution in [0.15, 0.2) is 42.9 Å². The van der Waals surface area contributed by atoms with Crippen molar-refractivity contribution in [1.29, 1.82) is 0 Å². The van der Waals surface area contributed by atoms with Crippen molar-refractivity contribution in [1.82, 2.24) is 20.3 Å². The molecule has 2 aromatic heterocycles. The number of amides is 1. The Hall–Kier alpha value is -3.29. The molecule has 1 amide bonds. The third kappa shape index (κ3) is 3.58. The van der Waals surface area contributed by atoms with E-state index in [4.69, 9.17) is 0 Å². The Morgan fingerprint density at radius 1 is 1.11 bits per heavy atom. The van der Waals surface area contributed by atoms with Crippen molar-refractivity contribution in [2.45, 2.75) is 19.3 Å². The molecule has 1 N–H and O–H groups in total. The van der Waals surface area contributed by atoms with E-state index in [0.29, 0.717) is 41.2 Å². The Morgan fingerprint density at radius 3 is 2.79 bits per heavy atom. The van der Waals surface area contributed by atoms with E-state index >= 15 is 0 Å². The lowest BCUT2D eigenvalue weighted by Crippen LogP contribution is -2.32. The highest BCUT2D eigenvalue weighted by atomic mass is 19.3. The normalized spacial score (nSPS) is 13.4. The molecule has 3 aromatic rings. The summed E-state index contributed by atoms with van der Waals surface area (Å²) in [6, 6.07) is 6.64. The van der Waals surface area contributed by atoms with Crippen LogP contribution < -0.4 is 5.32 Å². The zero-order valence-electron chi connectivity index (χ0n) is 14.6. The zero-order chi connectivity index (χ0) is 19.7. The lowest BCUT2D eigenvalue weighted by molar-refractivity contribution is 0.0946. The fourth-order valence-electron chi connectivity index (χ4n) is 3.31. The number of benzene rings is 1. The molecule has 1 aliphatic heterocycles. The van der Waals surface area contributed by atoms with Gasteiger partial charge in [-0.2, -0.15) is 0 Å². The molecule has 0 spiro atoms. The molecule has 0 fully saturated rings. The maximum Gasteiger partial charge on any atom is 0.263 e. The molecule has 8 heteroatoms. The minimum absolute atomic E-state index is 0.154. The number of aromatic nitrogens is 3. The van der Waals surface area contributed by atoms with Crippen LogP contribution in [-0.4, -0.2) is 27.4 Å². The molecule has 1 aromatic carbocycles. The largest absolute Gasteiger partial charge is 0.352 e. The monoisotopic (exact) mass is 384 g/mol. The van der Waals surface area contributed by atoms with Crippen LogP contribution in [0.2, 0.25) is 0 Å². The van der Waals surface area contributed by atoms with Crippen molar-refractivity contribution in [3.05, 3.63) is 76.6 Å². The topological polar surface area (TPSA) is 67.8 Å². The minimum Gasteiger partial charge on any atom is -0.352 e. The van der Waals surface area contributed by atoms with E-state index in [1.165, 1.54) is 18.5 Å². The van der Waals surface area contributed by atoms with E-state index in [2.05, 4.69) is 20.3 Å². The van der Waals surface area contributed by atoms with Crippen molar-refractivity contribution < 1.29 is 18.0 Å². The molecule has 0 saturated heterocycles. The standard InChI is InChI=1S/C20H15F3N4O/c21-13-6-11(5-12(8-13)19(22)23)7-14-9-17(27-10-26-14)18-15-1-4-25-20(28)16(15)2-3-24-18/h2-3,5-6,8-10,19H,1,4,7H2,(H,25,28). The number of carbonyl (C=O) groups is 1. The van der Waals surface area contributed by atoms with Crippen LogP contribution in [0.5, 0.6) is 0 Å². The molecule has 0 unspecified atom stereocenters. The van der Waals surface area contributed by atoms with Crippen molar-refractivity contribution in [3.8, 4) is 11.4 Å². The van der Waals surface area contributed by atoms with E-state index < -0.39 is 12.2 Å². The van der Waals surface area contributed by atoms with Crippen molar-refractivity contribution in [3.63, 3.8) is 0 Å². The fraction of sp³-hybridized carbons (Fsp3) is 0.200. The number of carbonyl (C=O) groups excluding carboxylic acids is 1. The molecule has 142 valence electrons. The second-order valence-corrected chi connectivity index (χ2v) is 6.46. The van der Waals surface area contributed by atoms with Crippen LogP contribution in [0, 0.1) is 5.82 Å². The van der Waals surface area contributed by atoms with Gasteiger partial charge in [0.25, 0.3) is 12.3 Å². The molecule has 3 heterocycles. The highest BCUT2D eigenvalue weighted by molar-refractivity contribution is 5.98. The first kappa shape index (κ1) is 18.1. The van der Waals surface area contributed by atoms with Crippen LogP contribution in [0.3, 0.4) is 0 Å². The van der Waals surface area contributed by atoms with Gasteiger partial charge in [0.2, 0.25) is 0 Å². The Morgan fingerprint density at radius 2 is 1.96 bits per heavy atom. The summed E-state index contributed by atoms with van der Waals surface area (Å²) in [5, 5.41) is 2.78. The van der Waals surface area contributed by atoms with E-state index in [1.54, 1.807) is 18.3 Å². The van der Waals surface area contributed by atoms with Gasteiger partial charge >= 0.3 is 0 Å². The quantitative estimate of drug-likeness (QED) is 0.748. The van der Waals surface area contributed by atoms with Gasteiger partial charge in [-0.1, -0.05) is 0 Å². The SMILES string of the molecule is O=C1NCCc2c1ccnc2-c1cc(Cc2cc(F)cc(C(F)F)c2)ncn1. The Labute approximate surface area is 158 Å². The van der Waals surface area contributed by atoms with Gasteiger partial charge in [-0.05, 0) is 47.9 Å². The summed E-state index contributed by atoms with van der Waals surface area (Å²) in [5.74, 6) is -0.870. The lowest BCUT2D eigenvalue weighted by Gasteiger charge is -2.18. The van der Waals surface area contributed by atoms with Gasteiger partial charge in [0.1, 0.15) is 12.1 Å². The number of nitrogens with zero attached hydrogens (tertiary/aromatic N) is 3. The molecule has 0 atom stereocenters. The van der Waals surface area contributed by atoms with Gasteiger partial charge < -0.3 is 5.32 Å². The average molecular weight is 384 g/mol. The smallest absolute Gasteiger partial charge is 0.263 e. The summed E-state index contributed by atoms with van der Waals surface area (Å²) in [6.07, 6.45) is 0.944. The maximum absolute atomic E-state index is 13.6. The van der Waals surface area contributed by atoms with Gasteiger partial charge in [-0.25, -0.2) is 23.1 Å². The predicted molar refractivity (Wildman–Crippen MR) is 95.5 cm³/mol. The van der Waals surface area contributed by atoms with Crippen molar-refractivity contribution in [2.75, 3.05) is 6.54 Å². The van der Waals surface area contributed by atoms with E-state index in [1.807, 2.05) is 0 Å². The summed E-state index contributed by atoms with van der Waals surface area (Å²) in [4.78, 5) is 24.8. The number of alkyl halides is 2. The molecule has 4 rings (SSSR count). The van der Waals surface area contributed by atoms with Crippen LogP contribution >= 0.6 is 0 Å². The van der Waals surface area contributed by atoms with Gasteiger partial charge in [0.15, 0.2) is 0 Å². The first-order valence-electron chi connectivity index (χ1n) is 8.66. The molecule has 1 aliphatic rings. The van der Waals surface area contributed by atoms with Gasteiger partial charge in [-0.15, -0.1) is 0 Å². The van der Waals surface area contributed by atoms with Gasteiger partial charge in [0.05, 0.1) is 11.4 Å². The molecule has 28 heavy (non-hydrogen) atoms. The van der Waals surface area contributed by atoms with Crippen molar-refractivity contribution in [2.24, 2.45) is 0 Å². The number of rotatable bonds is 4. The molecular weight excluding hydrogens is 369 g/mol. The Kier molecular flexibility index (Phi) is 4.77. The van der Waals surface area contributed by atoms with Gasteiger partial charge in [0, 0.05) is 36.0 Å². The Bertz CT molecular complexity index is 1060. The lowest BCUT2D eigenvalue weighted by atomic mass is 9.97. The molecule has 5 nitrogen and oxygen atoms in total. The van der Waals surface area contributed by atoms with Crippen LogP contribution in [0.1, 0.15) is 39.2 Å². The van der Waals surface area contributed by atoms with Crippen molar-refractivity contribution >= 4 is 5.91 Å². The predicted octanol–water partition coefficient (Wildman–Crippen LogP) is 3.49. The van der Waals surface area contributed by atoms with Crippen LogP contribution in [0.4, 0.5) is 13.2 Å². The highest BCUT2D eigenvalue weighted by Crippen LogP contribution is 2.26. The number of pyridine rings is 1. The molecule has 0 radical (unpaired) electrons. The summed E-state index contributed by atoms with van der Waals surface area (Å²) >= 11 is 0. The Balaban J connectivity index is 1.69. The number of halogens is 3. The number of nitrogens with one attached hydrogen (secondary N) is 1. The summed E-state index contributed by atoms with van der Waals surface area (Å²) in [5.41, 5.74) is 3.04. The van der Waals surface area contributed by atoms with E-state index in [-0.39, 0.29) is 17.9 Å². The first-order chi connectivity index (χ1) is 13.5. The van der Waals surface area contributed by atoms with E-state index in [9.17, 15) is 18.0 Å². The second kappa shape index (κ2) is 7.38. The van der Waals surface area contributed by atoms with Gasteiger partial charge in [-0.3, -0.25) is 9.78 Å². The summed E-state index contributed by atoms with van der Waals surface area (Å²) in [7, 11) is 0. The highest BCUT2D eigenvalue weighted by Gasteiger charge is 2.21. The van der Waals surface area contributed by atoms with Crippen LogP contribution in [-0.2, 0) is 12.8 Å². The maximum atomic E-state index is 13.6. The minimum atomic E-state index is -2.75. The molecule has 0 bridgehead atoms. The zero-order valence-corrected chi connectivity index (χ0v) is 14.6. The summed E-state index contributed by atoms with van der Waals surface area (Å²) in [6.45, 7) is 0.516. The number of hydrogen-bond acceptors (Lipinski definition) is 4. The molecular formula is C20H15F3N4O. The number of hydrogen-bond donors (Lipinski definition) is 1. The third-order valence-electron chi connectivity index (χ3n) is 4.54. The molecule has 0 aliphatic carbocycles.